The van der Waals surface area contributed by atoms with Crippen molar-refractivity contribution in [1.29, 1.82) is 0 Å². The zero-order chi connectivity index (χ0) is 22.6. The molecule has 0 aliphatic carbocycles. The summed E-state index contributed by atoms with van der Waals surface area (Å²) in [5, 5.41) is 12.8. The van der Waals surface area contributed by atoms with Crippen LogP contribution in [0.15, 0.2) is 5.11 Å². The number of methoxy groups -OCH3 is 2. The van der Waals surface area contributed by atoms with E-state index in [0.29, 0.717) is 0 Å². The van der Waals surface area contributed by atoms with Crippen molar-refractivity contribution in [2.75, 3.05) is 14.2 Å². The molecule has 1 aliphatic heterocycles. The van der Waals surface area contributed by atoms with E-state index >= 15 is 0 Å². The molecule has 1 aliphatic rings. The van der Waals surface area contributed by atoms with Gasteiger partial charge < -0.3 is 23.4 Å². The zero-order valence-electron chi connectivity index (χ0n) is 18.5. The third kappa shape index (κ3) is 6.12. The summed E-state index contributed by atoms with van der Waals surface area (Å²) in [6.07, 6.45) is -4.53. The third-order valence-corrected chi connectivity index (χ3v) is 9.73. The third-order valence-electron chi connectivity index (χ3n) is 5.26. The van der Waals surface area contributed by atoms with E-state index in [1.807, 2.05) is 33.9 Å². The molecule has 29 heavy (non-hydrogen) atoms. The Morgan fingerprint density at radius 3 is 2.28 bits per heavy atom. The van der Waals surface area contributed by atoms with Gasteiger partial charge in [-0.15, -0.1) is 0 Å². The van der Waals surface area contributed by atoms with E-state index in [-0.39, 0.29) is 5.04 Å². The fraction of sp³-hybridized carbons (Fsp3) is 0.941. The van der Waals surface area contributed by atoms with Gasteiger partial charge in [-0.25, -0.2) is 14.9 Å². The van der Waals surface area contributed by atoms with Gasteiger partial charge in [-0.3, -0.25) is 0 Å². The normalized spacial score (nSPS) is 25.0. The zero-order valence-corrected chi connectivity index (χ0v) is 19.5. The highest BCUT2D eigenvalue weighted by molar-refractivity contribution is 6.74. The van der Waals surface area contributed by atoms with E-state index in [1.54, 1.807) is 13.8 Å². The summed E-state index contributed by atoms with van der Waals surface area (Å²) in [7, 11) is 0.0260. The molecule has 0 bridgehead atoms. The van der Waals surface area contributed by atoms with Crippen molar-refractivity contribution >= 4 is 14.3 Å². The fourth-order valence-corrected chi connectivity index (χ4v) is 4.06. The van der Waals surface area contributed by atoms with Crippen LogP contribution in [0.25, 0.3) is 10.4 Å². The number of hydrogen-bond acceptors (Lipinski definition) is 9. The van der Waals surface area contributed by atoms with E-state index in [2.05, 4.69) is 14.9 Å². The Balaban J connectivity index is 3.52. The van der Waals surface area contributed by atoms with Crippen LogP contribution in [-0.2, 0) is 33.1 Å². The Kier molecular flexibility index (Phi) is 8.64. The van der Waals surface area contributed by atoms with Crippen molar-refractivity contribution < 1.29 is 38.3 Å². The highest BCUT2D eigenvalue weighted by atomic mass is 28.4. The second-order valence-electron chi connectivity index (χ2n) is 8.79. The molecule has 1 saturated heterocycles. The molecular formula is C17H33N3O8Si. The fourth-order valence-electron chi connectivity index (χ4n) is 2.76. The minimum atomic E-state index is -2.48. The topological polar surface area (TPSA) is 141 Å². The summed E-state index contributed by atoms with van der Waals surface area (Å²) in [6.45, 7) is 13.4. The number of carbonyl (C=O) groups is 1. The average Bonchev–Trinajstić information content (AvgIpc) is 2.94. The lowest BCUT2D eigenvalue weighted by atomic mass is 10.0. The smallest absolute Gasteiger partial charge is 0.337 e. The maximum absolute atomic E-state index is 12.4. The largest absolute Gasteiger partial charge is 0.467 e. The van der Waals surface area contributed by atoms with E-state index in [1.165, 1.54) is 14.2 Å². The first kappa shape index (κ1) is 25.8. The van der Waals surface area contributed by atoms with Gasteiger partial charge in [-0.05, 0) is 37.5 Å². The Bertz CT molecular complexity index is 614. The molecule has 12 heteroatoms. The number of carbonyl (C=O) groups excluding carboxylic acids is 1. The predicted octanol–water partition coefficient (Wildman–Crippen LogP) is 3.21. The Labute approximate surface area is 172 Å². The molecule has 5 atom stereocenters. The number of esters is 1. The first-order valence-electron chi connectivity index (χ1n) is 9.23. The van der Waals surface area contributed by atoms with Crippen molar-refractivity contribution in [3.05, 3.63) is 10.4 Å². The van der Waals surface area contributed by atoms with Crippen LogP contribution < -0.4 is 0 Å². The maximum atomic E-state index is 12.4. The molecule has 0 spiro atoms. The quantitative estimate of drug-likeness (QED) is 0.0850. The molecular weight excluding hydrogens is 402 g/mol. The standard InChI is InChI=1S/C17H33N3O8Si/c1-16(2,3)29(8,9)28-11(10(19-20-18)15(24-7)27-22)12-13(14(21)23-6)26-17(4,5)25-12/h10-13,15,22H,1-9H3/t10-,11-,12+,13+,15?/m1/s1. The van der Waals surface area contributed by atoms with Gasteiger partial charge in [0.05, 0.1) is 13.2 Å². The number of hydrogen-bond donors (Lipinski definition) is 1. The van der Waals surface area contributed by atoms with Gasteiger partial charge in [0, 0.05) is 12.0 Å². The SMILES string of the molecule is COC(=O)[C@H]1OC(C)(C)O[C@H]1[C@H](O[Si](C)(C)C(C)(C)C)[C@@H](N=[N+]=[N-])C(OC)OO. The molecule has 1 N–H and O–H groups in total. The molecule has 1 rings (SSSR count). The van der Waals surface area contributed by atoms with Crippen molar-refractivity contribution in [2.24, 2.45) is 5.11 Å². The summed E-state index contributed by atoms with van der Waals surface area (Å²) in [5.74, 6) is -1.79. The van der Waals surface area contributed by atoms with E-state index < -0.39 is 50.7 Å². The van der Waals surface area contributed by atoms with E-state index in [9.17, 15) is 10.1 Å². The molecule has 168 valence electrons. The predicted molar refractivity (Wildman–Crippen MR) is 105 cm³/mol. The molecule has 0 amide bonds. The summed E-state index contributed by atoms with van der Waals surface area (Å²) in [5.41, 5.74) is 9.11. The summed E-state index contributed by atoms with van der Waals surface area (Å²) in [6, 6.07) is -1.18. The second kappa shape index (κ2) is 9.71. The van der Waals surface area contributed by atoms with E-state index in [4.69, 9.17) is 28.9 Å². The molecule has 0 aromatic rings. The van der Waals surface area contributed by atoms with Crippen LogP contribution in [0.5, 0.6) is 0 Å². The minimum Gasteiger partial charge on any atom is -0.467 e. The number of azide groups is 1. The lowest BCUT2D eigenvalue weighted by molar-refractivity contribution is -0.350. The first-order chi connectivity index (χ1) is 13.2. The van der Waals surface area contributed by atoms with Crippen LogP contribution in [0, 0.1) is 0 Å². The Morgan fingerprint density at radius 2 is 1.86 bits per heavy atom. The van der Waals surface area contributed by atoms with Crippen molar-refractivity contribution in [2.45, 2.75) is 89.2 Å². The van der Waals surface area contributed by atoms with Gasteiger partial charge in [0.1, 0.15) is 12.1 Å². The summed E-state index contributed by atoms with van der Waals surface area (Å²) < 4.78 is 28.2. The molecule has 0 aromatic carbocycles. The van der Waals surface area contributed by atoms with Gasteiger partial charge in [0.25, 0.3) is 0 Å². The highest BCUT2D eigenvalue weighted by Crippen LogP contribution is 2.41. The molecule has 0 aromatic heterocycles. The lowest BCUT2D eigenvalue weighted by Gasteiger charge is -2.43. The van der Waals surface area contributed by atoms with Gasteiger partial charge >= 0.3 is 5.97 Å². The number of nitrogens with zero attached hydrogens (tertiary/aromatic N) is 3. The van der Waals surface area contributed by atoms with Crippen LogP contribution in [0.1, 0.15) is 34.6 Å². The monoisotopic (exact) mass is 435 g/mol. The van der Waals surface area contributed by atoms with Crippen LogP contribution in [-0.4, -0.2) is 70.2 Å². The first-order valence-corrected chi connectivity index (χ1v) is 12.1. The summed E-state index contributed by atoms with van der Waals surface area (Å²) in [4.78, 5) is 19.6. The summed E-state index contributed by atoms with van der Waals surface area (Å²) >= 11 is 0. The van der Waals surface area contributed by atoms with Gasteiger partial charge in [-0.1, -0.05) is 25.9 Å². The lowest BCUT2D eigenvalue weighted by Crippen LogP contribution is -2.57. The van der Waals surface area contributed by atoms with E-state index in [0.717, 1.165) is 0 Å². The van der Waals surface area contributed by atoms with Crippen LogP contribution >= 0.6 is 0 Å². The van der Waals surface area contributed by atoms with Gasteiger partial charge in [0.2, 0.25) is 6.29 Å². The van der Waals surface area contributed by atoms with Crippen molar-refractivity contribution in [3.63, 3.8) is 0 Å². The molecule has 1 heterocycles. The molecule has 0 saturated carbocycles. The minimum absolute atomic E-state index is 0.218. The van der Waals surface area contributed by atoms with Crippen molar-refractivity contribution in [3.8, 4) is 0 Å². The highest BCUT2D eigenvalue weighted by Gasteiger charge is 2.55. The average molecular weight is 436 g/mol. The molecule has 11 nitrogen and oxygen atoms in total. The van der Waals surface area contributed by atoms with Gasteiger partial charge in [-0.2, -0.15) is 0 Å². The van der Waals surface area contributed by atoms with Crippen LogP contribution in [0.4, 0.5) is 0 Å². The van der Waals surface area contributed by atoms with Crippen molar-refractivity contribution in [1.82, 2.24) is 0 Å². The van der Waals surface area contributed by atoms with Crippen LogP contribution in [0.3, 0.4) is 0 Å². The van der Waals surface area contributed by atoms with Gasteiger partial charge in [0.15, 0.2) is 20.2 Å². The maximum Gasteiger partial charge on any atom is 0.337 e. The molecule has 1 fully saturated rings. The number of rotatable bonds is 9. The second-order valence-corrected chi connectivity index (χ2v) is 13.5. The Morgan fingerprint density at radius 1 is 1.28 bits per heavy atom. The molecule has 1 unspecified atom stereocenters. The molecule has 0 radical (unpaired) electrons. The van der Waals surface area contributed by atoms with Crippen LogP contribution in [0.2, 0.25) is 18.1 Å². The Hall–Kier alpha value is -1.24. The number of ether oxygens (including phenoxy) is 4.